The molecule has 13 nitrogen and oxygen atoms in total. The molecule has 13 heteroatoms. The Morgan fingerprint density at radius 3 is 2.82 bits per heavy atom. The Kier molecular flexibility index (Phi) is 5.84. The lowest BCUT2D eigenvalue weighted by molar-refractivity contribution is 0.0526. The minimum Gasteiger partial charge on any atom is -0.383 e. The number of likely N-dealkylation sites (N-methyl/N-ethyl adjacent to an activating group) is 1. The number of aromatic nitrogens is 4. The van der Waals surface area contributed by atoms with Crippen molar-refractivity contribution in [1.29, 1.82) is 0 Å². The van der Waals surface area contributed by atoms with Crippen molar-refractivity contribution in [3.05, 3.63) is 29.7 Å². The third-order valence-electron chi connectivity index (χ3n) is 4.05. The van der Waals surface area contributed by atoms with Gasteiger partial charge in [0.2, 0.25) is 5.82 Å². The van der Waals surface area contributed by atoms with Crippen molar-refractivity contribution in [2.75, 3.05) is 39.9 Å². The standard InChI is InChI=1S/C15H23N11O2/c1-4-17-15(27)19-9(2)18-13-10(11(16)26-5-7-28-8-6-26)20-14(25(13)3)12-21-23-24-22-12/h2,4-8,16H2,1,3H3,(H2,17,19,27)(H,21,22,23,24)/b11-10-,18-13+. The summed E-state index contributed by atoms with van der Waals surface area (Å²) in [6.45, 7) is 8.51. The van der Waals surface area contributed by atoms with Crippen LogP contribution in [0, 0.1) is 0 Å². The van der Waals surface area contributed by atoms with Crippen LogP contribution in [0.15, 0.2) is 33.9 Å². The molecule has 0 spiro atoms. The van der Waals surface area contributed by atoms with Crippen LogP contribution in [0.1, 0.15) is 12.7 Å². The number of nitrogens with one attached hydrogen (secondary N) is 3. The summed E-state index contributed by atoms with van der Waals surface area (Å²) < 4.78 is 5.38. The first-order chi connectivity index (χ1) is 13.5. The van der Waals surface area contributed by atoms with Crippen LogP contribution < -0.4 is 16.4 Å². The molecule has 0 bridgehead atoms. The Hall–Kier alpha value is -3.48. The van der Waals surface area contributed by atoms with E-state index in [0.29, 0.717) is 61.9 Å². The minimum absolute atomic E-state index is 0.146. The molecule has 150 valence electrons. The lowest BCUT2D eigenvalue weighted by Crippen LogP contribution is -2.40. The highest BCUT2D eigenvalue weighted by molar-refractivity contribution is 6.19. The number of ether oxygens (including phenoxy) is 1. The first-order valence-electron chi connectivity index (χ1n) is 8.73. The number of hydrogen-bond acceptors (Lipinski definition) is 9. The van der Waals surface area contributed by atoms with Gasteiger partial charge in [-0.3, -0.25) is 5.32 Å². The van der Waals surface area contributed by atoms with E-state index < -0.39 is 6.03 Å². The van der Waals surface area contributed by atoms with Gasteiger partial charge in [0.05, 0.1) is 13.2 Å². The molecular formula is C15H23N11O2. The molecule has 0 unspecified atom stereocenters. The SMILES string of the molecule is C=C(/N=C1\C(=C(/N)N2CCOCC2)N=C(c2nnn[nH]2)N1C)NC(=O)NCC. The van der Waals surface area contributed by atoms with Crippen molar-refractivity contribution < 1.29 is 9.53 Å². The zero-order chi connectivity index (χ0) is 20.1. The van der Waals surface area contributed by atoms with Gasteiger partial charge in [-0.1, -0.05) is 6.58 Å². The number of urea groups is 1. The number of aliphatic imine (C=N–C) groups is 2. The lowest BCUT2D eigenvalue weighted by atomic mass is 10.3. The fourth-order valence-electron chi connectivity index (χ4n) is 2.70. The van der Waals surface area contributed by atoms with Crippen molar-refractivity contribution in [1.82, 2.24) is 41.1 Å². The summed E-state index contributed by atoms with van der Waals surface area (Å²) in [4.78, 5) is 24.4. The Balaban J connectivity index is 1.94. The zero-order valence-corrected chi connectivity index (χ0v) is 15.8. The largest absolute Gasteiger partial charge is 0.383 e. The van der Waals surface area contributed by atoms with E-state index in [1.165, 1.54) is 0 Å². The van der Waals surface area contributed by atoms with Gasteiger partial charge in [0.1, 0.15) is 17.3 Å². The van der Waals surface area contributed by atoms with Gasteiger partial charge in [0, 0.05) is 26.7 Å². The number of H-pyrrole nitrogens is 1. The topological polar surface area (TPSA) is 162 Å². The van der Waals surface area contributed by atoms with Crippen LogP contribution in [0.3, 0.4) is 0 Å². The third kappa shape index (κ3) is 4.09. The zero-order valence-electron chi connectivity index (χ0n) is 15.8. The monoisotopic (exact) mass is 389 g/mol. The van der Waals surface area contributed by atoms with Gasteiger partial charge in [0.15, 0.2) is 11.7 Å². The predicted octanol–water partition coefficient (Wildman–Crippen LogP) is -1.46. The molecule has 0 atom stereocenters. The predicted molar refractivity (Wildman–Crippen MR) is 101 cm³/mol. The molecule has 1 aromatic rings. The number of rotatable bonds is 5. The van der Waals surface area contributed by atoms with Crippen LogP contribution in [0.4, 0.5) is 4.79 Å². The summed E-state index contributed by atoms with van der Waals surface area (Å²) in [6, 6.07) is -0.398. The van der Waals surface area contributed by atoms with Crippen LogP contribution in [-0.4, -0.2) is 88.0 Å². The number of amidine groups is 2. The Morgan fingerprint density at radius 2 is 2.18 bits per heavy atom. The number of nitrogens with zero attached hydrogens (tertiary/aromatic N) is 7. The molecule has 0 radical (unpaired) electrons. The number of carbonyl (C=O) groups is 1. The Bertz CT molecular complexity index is 821. The molecule has 2 aliphatic rings. The molecule has 2 aliphatic heterocycles. The highest BCUT2D eigenvalue weighted by atomic mass is 16.5. The van der Waals surface area contributed by atoms with Gasteiger partial charge in [0.25, 0.3) is 0 Å². The highest BCUT2D eigenvalue weighted by Crippen LogP contribution is 2.22. The average molecular weight is 389 g/mol. The van der Waals surface area contributed by atoms with Gasteiger partial charge in [-0.25, -0.2) is 19.9 Å². The van der Waals surface area contributed by atoms with Crippen molar-refractivity contribution in [3.63, 3.8) is 0 Å². The molecule has 1 fully saturated rings. The van der Waals surface area contributed by atoms with E-state index in [1.807, 2.05) is 11.8 Å². The molecule has 1 saturated heterocycles. The molecule has 28 heavy (non-hydrogen) atoms. The fourth-order valence-corrected chi connectivity index (χ4v) is 2.70. The number of aromatic amines is 1. The van der Waals surface area contributed by atoms with Gasteiger partial charge in [-0.15, -0.1) is 5.10 Å². The average Bonchev–Trinajstić information content (AvgIpc) is 3.31. The number of carbonyl (C=O) groups excluding carboxylic acids is 1. The fraction of sp³-hybridized carbons (Fsp3) is 0.467. The maximum absolute atomic E-state index is 11.7. The van der Waals surface area contributed by atoms with Gasteiger partial charge < -0.3 is 25.6 Å². The molecule has 0 saturated carbocycles. The first-order valence-corrected chi connectivity index (χ1v) is 8.73. The van der Waals surface area contributed by atoms with Gasteiger partial charge >= 0.3 is 6.03 Å². The van der Waals surface area contributed by atoms with Crippen LogP contribution >= 0.6 is 0 Å². The first kappa shape index (κ1) is 19.3. The van der Waals surface area contributed by atoms with Gasteiger partial charge in [-0.05, 0) is 17.4 Å². The quantitative estimate of drug-likeness (QED) is 0.475. The van der Waals surface area contributed by atoms with E-state index in [0.717, 1.165) is 0 Å². The van der Waals surface area contributed by atoms with Crippen LogP contribution in [-0.2, 0) is 4.74 Å². The maximum Gasteiger partial charge on any atom is 0.320 e. The summed E-state index contributed by atoms with van der Waals surface area (Å²) in [5.41, 5.74) is 6.83. The van der Waals surface area contributed by atoms with Gasteiger partial charge in [-0.2, -0.15) is 0 Å². The second kappa shape index (κ2) is 8.47. The second-order valence-electron chi connectivity index (χ2n) is 5.94. The number of hydrogen-bond donors (Lipinski definition) is 4. The second-order valence-corrected chi connectivity index (χ2v) is 5.94. The number of tetrazole rings is 1. The van der Waals surface area contributed by atoms with E-state index in [9.17, 15) is 4.79 Å². The van der Waals surface area contributed by atoms with E-state index in [2.05, 4.69) is 47.8 Å². The number of morpholine rings is 1. The van der Waals surface area contributed by atoms with Crippen LogP contribution in [0.2, 0.25) is 0 Å². The molecule has 0 aromatic carbocycles. The summed E-state index contributed by atoms with van der Waals surface area (Å²) in [6.07, 6.45) is 0. The van der Waals surface area contributed by atoms with Crippen LogP contribution in [0.5, 0.6) is 0 Å². The van der Waals surface area contributed by atoms with E-state index in [-0.39, 0.29) is 5.82 Å². The van der Waals surface area contributed by atoms with E-state index in [4.69, 9.17) is 10.5 Å². The summed E-state index contributed by atoms with van der Waals surface area (Å²) >= 11 is 0. The van der Waals surface area contributed by atoms with Crippen molar-refractivity contribution >= 4 is 17.7 Å². The normalized spacial score (nSPS) is 20.2. The molecule has 1 aromatic heterocycles. The van der Waals surface area contributed by atoms with Crippen molar-refractivity contribution in [3.8, 4) is 0 Å². The van der Waals surface area contributed by atoms with Crippen LogP contribution in [0.25, 0.3) is 0 Å². The van der Waals surface area contributed by atoms with Crippen molar-refractivity contribution in [2.45, 2.75) is 6.92 Å². The van der Waals surface area contributed by atoms with E-state index >= 15 is 0 Å². The summed E-state index contributed by atoms with van der Waals surface area (Å²) in [5.74, 6) is 1.81. The molecule has 2 amide bonds. The summed E-state index contributed by atoms with van der Waals surface area (Å²) in [7, 11) is 1.75. The smallest absolute Gasteiger partial charge is 0.320 e. The third-order valence-corrected chi connectivity index (χ3v) is 4.05. The molecule has 0 aliphatic carbocycles. The van der Waals surface area contributed by atoms with E-state index in [1.54, 1.807) is 11.9 Å². The number of amides is 2. The lowest BCUT2D eigenvalue weighted by Gasteiger charge is -2.29. The maximum atomic E-state index is 11.7. The minimum atomic E-state index is -0.398. The molecule has 5 N–H and O–H groups in total. The van der Waals surface area contributed by atoms with Crippen molar-refractivity contribution in [2.24, 2.45) is 15.7 Å². The highest BCUT2D eigenvalue weighted by Gasteiger charge is 2.32. The molecular weight excluding hydrogens is 366 g/mol. The summed E-state index contributed by atoms with van der Waals surface area (Å²) in [5, 5.41) is 18.9. The molecule has 3 heterocycles. The molecule has 3 rings (SSSR count). The number of nitrogens with two attached hydrogens (primary N) is 1. The Labute approximate surface area is 161 Å². The Morgan fingerprint density at radius 1 is 1.43 bits per heavy atom.